The van der Waals surface area contributed by atoms with E-state index in [0.717, 1.165) is 11.8 Å². The van der Waals surface area contributed by atoms with E-state index in [1.165, 1.54) is 25.7 Å². The maximum atomic E-state index is 11.6. The molecule has 1 fully saturated rings. The summed E-state index contributed by atoms with van der Waals surface area (Å²) in [6.45, 7) is 6.25. The van der Waals surface area contributed by atoms with Gasteiger partial charge in [0.25, 0.3) is 0 Å². The topological polar surface area (TPSA) is 37.3 Å². The van der Waals surface area contributed by atoms with E-state index < -0.39 is 6.10 Å². The molecule has 16 heavy (non-hydrogen) atoms. The molecular weight excluding hydrogens is 200 g/mol. The number of ketones is 1. The minimum Gasteiger partial charge on any atom is -0.393 e. The Labute approximate surface area is 99.4 Å². The zero-order chi connectivity index (χ0) is 12.1. The van der Waals surface area contributed by atoms with E-state index in [1.54, 1.807) is 6.92 Å². The van der Waals surface area contributed by atoms with Gasteiger partial charge in [-0.2, -0.15) is 0 Å². The number of aliphatic hydroxyl groups excluding tert-OH is 1. The van der Waals surface area contributed by atoms with Gasteiger partial charge >= 0.3 is 0 Å². The van der Waals surface area contributed by atoms with Crippen LogP contribution in [0.15, 0.2) is 0 Å². The first kappa shape index (κ1) is 13.7. The fraction of sp³-hybridized carbons (Fsp3) is 0.929. The van der Waals surface area contributed by atoms with E-state index >= 15 is 0 Å². The molecule has 0 heterocycles. The second-order valence-corrected chi connectivity index (χ2v) is 5.83. The predicted molar refractivity (Wildman–Crippen MR) is 66.2 cm³/mol. The zero-order valence-electron chi connectivity index (χ0n) is 10.9. The van der Waals surface area contributed by atoms with Gasteiger partial charge in [-0.15, -0.1) is 0 Å². The van der Waals surface area contributed by atoms with Crippen molar-refractivity contribution in [3.63, 3.8) is 0 Å². The van der Waals surface area contributed by atoms with E-state index in [2.05, 4.69) is 13.8 Å². The maximum absolute atomic E-state index is 11.6. The van der Waals surface area contributed by atoms with Crippen molar-refractivity contribution in [3.05, 3.63) is 0 Å². The van der Waals surface area contributed by atoms with Crippen LogP contribution in [-0.2, 0) is 4.79 Å². The van der Waals surface area contributed by atoms with Gasteiger partial charge in [0.1, 0.15) is 5.78 Å². The lowest BCUT2D eigenvalue weighted by molar-refractivity contribution is -0.122. The van der Waals surface area contributed by atoms with Gasteiger partial charge in [-0.3, -0.25) is 4.79 Å². The molecule has 0 aromatic rings. The predicted octanol–water partition coefficient (Wildman–Crippen LogP) is 3.18. The Kier molecular flexibility index (Phi) is 5.47. The molecule has 94 valence electrons. The summed E-state index contributed by atoms with van der Waals surface area (Å²) in [4.78, 5) is 11.6. The van der Waals surface area contributed by atoms with E-state index in [0.29, 0.717) is 18.8 Å². The highest BCUT2D eigenvalue weighted by Crippen LogP contribution is 2.35. The van der Waals surface area contributed by atoms with Gasteiger partial charge in [-0.1, -0.05) is 33.1 Å². The molecule has 1 rings (SSSR count). The van der Waals surface area contributed by atoms with Gasteiger partial charge in [0, 0.05) is 12.8 Å². The van der Waals surface area contributed by atoms with E-state index in [-0.39, 0.29) is 5.78 Å². The van der Waals surface area contributed by atoms with Crippen LogP contribution < -0.4 is 0 Å². The molecule has 1 aliphatic carbocycles. The molecule has 0 aliphatic heterocycles. The van der Waals surface area contributed by atoms with Crippen molar-refractivity contribution in [1.82, 2.24) is 0 Å². The Hall–Kier alpha value is -0.370. The Morgan fingerprint density at radius 2 is 2.00 bits per heavy atom. The first-order chi connectivity index (χ1) is 7.49. The number of aliphatic hydroxyl groups is 1. The lowest BCUT2D eigenvalue weighted by atomic mass is 9.74. The van der Waals surface area contributed by atoms with Crippen LogP contribution in [0.5, 0.6) is 0 Å². The average Bonchev–Trinajstić information content (AvgIpc) is 2.16. The average molecular weight is 226 g/mol. The summed E-state index contributed by atoms with van der Waals surface area (Å²) in [5.41, 5.74) is 0. The first-order valence-electron chi connectivity index (χ1n) is 6.68. The van der Waals surface area contributed by atoms with Crippen LogP contribution in [0.1, 0.15) is 59.3 Å². The normalized spacial score (nSPS) is 28.1. The molecule has 0 spiro atoms. The molecule has 0 aromatic carbocycles. The van der Waals surface area contributed by atoms with E-state index in [4.69, 9.17) is 0 Å². The minimum absolute atomic E-state index is 0.240. The van der Waals surface area contributed by atoms with Crippen molar-refractivity contribution in [1.29, 1.82) is 0 Å². The first-order valence-corrected chi connectivity index (χ1v) is 6.68. The number of hydrogen-bond acceptors (Lipinski definition) is 2. The molecule has 1 aliphatic rings. The van der Waals surface area contributed by atoms with Crippen LogP contribution >= 0.6 is 0 Å². The van der Waals surface area contributed by atoms with Crippen LogP contribution in [0.25, 0.3) is 0 Å². The highest BCUT2D eigenvalue weighted by molar-refractivity contribution is 5.79. The van der Waals surface area contributed by atoms with Crippen molar-refractivity contribution >= 4 is 5.78 Å². The lowest BCUT2D eigenvalue weighted by Crippen LogP contribution is -2.22. The lowest BCUT2D eigenvalue weighted by Gasteiger charge is -2.31. The smallest absolute Gasteiger partial charge is 0.135 e. The molecule has 0 saturated heterocycles. The highest BCUT2D eigenvalue weighted by atomic mass is 16.3. The number of carbonyl (C=O) groups is 1. The van der Waals surface area contributed by atoms with E-state index in [9.17, 15) is 9.90 Å². The number of Topliss-reactive ketones (excluding diaryl/α,β-unsaturated/α-hetero) is 1. The molecule has 2 heteroatoms. The molecule has 1 unspecified atom stereocenters. The van der Waals surface area contributed by atoms with Crippen LogP contribution in [0.4, 0.5) is 0 Å². The number of rotatable bonds is 5. The quantitative estimate of drug-likeness (QED) is 0.781. The number of hydrogen-bond donors (Lipinski definition) is 1. The summed E-state index contributed by atoms with van der Waals surface area (Å²) in [5.74, 6) is 2.37. The second kappa shape index (κ2) is 6.39. The standard InChI is InChI=1S/C14H26O2/c1-10(2)13-6-4-5-12(8-13)9-14(16)7-11(3)15/h10-13,15H,4-9H2,1-3H3/t11?,12-,13-/m1/s1. The summed E-state index contributed by atoms with van der Waals surface area (Å²) in [6, 6.07) is 0. The summed E-state index contributed by atoms with van der Waals surface area (Å²) in [5, 5.41) is 9.17. The fourth-order valence-corrected chi connectivity index (χ4v) is 2.86. The Morgan fingerprint density at radius 1 is 1.31 bits per heavy atom. The summed E-state index contributed by atoms with van der Waals surface area (Å²) >= 11 is 0. The van der Waals surface area contributed by atoms with Gasteiger partial charge in [0.05, 0.1) is 6.10 Å². The van der Waals surface area contributed by atoms with Gasteiger partial charge in [-0.25, -0.2) is 0 Å². The second-order valence-electron chi connectivity index (χ2n) is 5.83. The van der Waals surface area contributed by atoms with Crippen molar-refractivity contribution in [2.45, 2.75) is 65.4 Å². The molecule has 1 N–H and O–H groups in total. The third-order valence-corrected chi connectivity index (χ3v) is 3.81. The largest absolute Gasteiger partial charge is 0.393 e. The van der Waals surface area contributed by atoms with Gasteiger partial charge in [0.2, 0.25) is 0 Å². The molecule has 1 saturated carbocycles. The van der Waals surface area contributed by atoms with Crippen LogP contribution in [0, 0.1) is 17.8 Å². The monoisotopic (exact) mass is 226 g/mol. The summed E-state index contributed by atoms with van der Waals surface area (Å²) in [6.07, 6.45) is 5.57. The molecular formula is C14H26O2. The Balaban J connectivity index is 2.34. The van der Waals surface area contributed by atoms with Gasteiger partial charge < -0.3 is 5.11 Å². The van der Waals surface area contributed by atoms with Crippen molar-refractivity contribution in [2.24, 2.45) is 17.8 Å². The highest BCUT2D eigenvalue weighted by Gasteiger charge is 2.25. The molecule has 0 radical (unpaired) electrons. The van der Waals surface area contributed by atoms with Crippen molar-refractivity contribution < 1.29 is 9.90 Å². The zero-order valence-corrected chi connectivity index (χ0v) is 10.9. The van der Waals surface area contributed by atoms with Crippen molar-refractivity contribution in [2.75, 3.05) is 0 Å². The van der Waals surface area contributed by atoms with Crippen LogP contribution in [0.3, 0.4) is 0 Å². The minimum atomic E-state index is -0.475. The van der Waals surface area contributed by atoms with Gasteiger partial charge in [-0.05, 0) is 31.1 Å². The third kappa shape index (κ3) is 4.65. The summed E-state index contributed by atoms with van der Waals surface area (Å²) < 4.78 is 0. The van der Waals surface area contributed by atoms with E-state index in [1.807, 2.05) is 0 Å². The number of carbonyl (C=O) groups excluding carboxylic acids is 1. The molecule has 0 bridgehead atoms. The Bertz CT molecular complexity index is 221. The fourth-order valence-electron chi connectivity index (χ4n) is 2.86. The van der Waals surface area contributed by atoms with Crippen molar-refractivity contribution in [3.8, 4) is 0 Å². The summed E-state index contributed by atoms with van der Waals surface area (Å²) in [7, 11) is 0. The van der Waals surface area contributed by atoms with Crippen LogP contribution in [-0.4, -0.2) is 17.0 Å². The SMILES string of the molecule is CC(O)CC(=O)C[C@@H]1CCC[C@@H](C(C)C)C1. The molecule has 0 amide bonds. The molecule has 2 nitrogen and oxygen atoms in total. The Morgan fingerprint density at radius 3 is 2.56 bits per heavy atom. The molecule has 0 aromatic heterocycles. The maximum Gasteiger partial charge on any atom is 0.135 e. The van der Waals surface area contributed by atoms with Gasteiger partial charge in [0.15, 0.2) is 0 Å². The molecule has 3 atom stereocenters. The third-order valence-electron chi connectivity index (χ3n) is 3.81. The van der Waals surface area contributed by atoms with Crippen LogP contribution in [0.2, 0.25) is 0 Å².